The molecule has 1 heterocycles. The van der Waals surface area contributed by atoms with Crippen LogP contribution in [0.4, 0.5) is 0 Å². The maximum atomic E-state index is 12.9. The molecule has 4 nitrogen and oxygen atoms in total. The first kappa shape index (κ1) is 13.9. The second kappa shape index (κ2) is 5.18. The molecule has 23 heavy (non-hydrogen) atoms. The minimum atomic E-state index is -0.240. The number of carbonyl (C=O) groups excluding carboxylic acids is 2. The Morgan fingerprint density at radius 2 is 1.48 bits per heavy atom. The van der Waals surface area contributed by atoms with Crippen LogP contribution in [0.15, 0.2) is 54.6 Å². The second-order valence-electron chi connectivity index (χ2n) is 5.23. The van der Waals surface area contributed by atoms with Gasteiger partial charge < -0.3 is 0 Å². The SMILES string of the molecule is O=C1c2ccccc2C(=O)c2c1nc(CCl)n2-c1ccccc1. The minimum Gasteiger partial charge on any atom is -0.292 e. The molecular weight excluding hydrogens is 312 g/mol. The summed E-state index contributed by atoms with van der Waals surface area (Å²) in [6.07, 6.45) is 0. The molecule has 4 rings (SSSR count). The Kier molecular flexibility index (Phi) is 3.13. The van der Waals surface area contributed by atoms with Gasteiger partial charge in [0.05, 0.1) is 5.88 Å². The number of alkyl halides is 1. The van der Waals surface area contributed by atoms with Gasteiger partial charge in [0.1, 0.15) is 17.2 Å². The standard InChI is InChI=1S/C18H11ClN2O2/c19-10-14-20-15-16(21(14)11-6-2-1-3-7-11)18(23)13-9-5-4-8-12(13)17(15)22/h1-9H,10H2. The summed E-state index contributed by atoms with van der Waals surface area (Å²) < 4.78 is 1.68. The molecule has 112 valence electrons. The highest BCUT2D eigenvalue weighted by atomic mass is 35.5. The first-order chi connectivity index (χ1) is 11.2. The second-order valence-corrected chi connectivity index (χ2v) is 5.50. The van der Waals surface area contributed by atoms with Crippen molar-refractivity contribution >= 4 is 23.2 Å². The third kappa shape index (κ3) is 1.95. The molecule has 0 bridgehead atoms. The van der Waals surface area contributed by atoms with Crippen LogP contribution < -0.4 is 0 Å². The maximum absolute atomic E-state index is 12.9. The van der Waals surface area contributed by atoms with Gasteiger partial charge >= 0.3 is 0 Å². The van der Waals surface area contributed by atoms with E-state index in [0.29, 0.717) is 17.0 Å². The van der Waals surface area contributed by atoms with Crippen LogP contribution in [0, 0.1) is 0 Å². The van der Waals surface area contributed by atoms with Crippen LogP contribution in [0.2, 0.25) is 0 Å². The molecule has 5 heteroatoms. The molecule has 0 fully saturated rings. The molecule has 0 saturated carbocycles. The number of benzene rings is 2. The highest BCUT2D eigenvalue weighted by Gasteiger charge is 2.35. The van der Waals surface area contributed by atoms with Gasteiger partial charge in [-0.15, -0.1) is 11.6 Å². The van der Waals surface area contributed by atoms with Crippen molar-refractivity contribution in [3.63, 3.8) is 0 Å². The zero-order chi connectivity index (χ0) is 16.0. The Hall–Kier alpha value is -2.72. The van der Waals surface area contributed by atoms with Crippen molar-refractivity contribution in [2.24, 2.45) is 0 Å². The minimum absolute atomic E-state index is 0.110. The molecule has 0 unspecified atom stereocenters. The van der Waals surface area contributed by atoms with Crippen LogP contribution >= 0.6 is 11.6 Å². The first-order valence-electron chi connectivity index (χ1n) is 7.14. The van der Waals surface area contributed by atoms with E-state index >= 15 is 0 Å². The van der Waals surface area contributed by atoms with Crippen LogP contribution in [0.3, 0.4) is 0 Å². The van der Waals surface area contributed by atoms with Crippen LogP contribution in [0.5, 0.6) is 0 Å². The Labute approximate surface area is 137 Å². The predicted octanol–water partition coefficient (Wildman–Crippen LogP) is 3.39. The lowest BCUT2D eigenvalue weighted by molar-refractivity contribution is 0.0972. The third-order valence-corrected chi connectivity index (χ3v) is 4.17. The van der Waals surface area contributed by atoms with Gasteiger partial charge in [0.15, 0.2) is 0 Å². The topological polar surface area (TPSA) is 52.0 Å². The molecule has 3 aromatic rings. The van der Waals surface area contributed by atoms with Crippen LogP contribution in [-0.4, -0.2) is 21.1 Å². The molecule has 0 N–H and O–H groups in total. The van der Waals surface area contributed by atoms with E-state index in [2.05, 4.69) is 4.98 Å². The summed E-state index contributed by atoms with van der Waals surface area (Å²) in [6.45, 7) is 0. The summed E-state index contributed by atoms with van der Waals surface area (Å²) in [7, 11) is 0. The van der Waals surface area contributed by atoms with Gasteiger partial charge in [-0.25, -0.2) is 4.98 Å². The van der Waals surface area contributed by atoms with Crippen LogP contribution in [-0.2, 0) is 5.88 Å². The van der Waals surface area contributed by atoms with Gasteiger partial charge in [-0.2, -0.15) is 0 Å². The fourth-order valence-corrected chi connectivity index (χ4v) is 3.09. The number of rotatable bonds is 2. The molecule has 0 atom stereocenters. The van der Waals surface area contributed by atoms with E-state index in [4.69, 9.17) is 11.6 Å². The Bertz CT molecular complexity index is 945. The number of para-hydroxylation sites is 1. The van der Waals surface area contributed by atoms with Gasteiger partial charge in [-0.1, -0.05) is 42.5 Å². The quantitative estimate of drug-likeness (QED) is 0.532. The molecule has 0 amide bonds. The molecule has 0 aliphatic heterocycles. The Morgan fingerprint density at radius 3 is 2.13 bits per heavy atom. The number of carbonyl (C=O) groups is 2. The largest absolute Gasteiger partial charge is 0.292 e. The van der Waals surface area contributed by atoms with Gasteiger partial charge in [0.2, 0.25) is 11.6 Å². The van der Waals surface area contributed by atoms with E-state index in [1.165, 1.54) is 0 Å². The zero-order valence-electron chi connectivity index (χ0n) is 12.0. The lowest BCUT2D eigenvalue weighted by Gasteiger charge is -2.16. The lowest BCUT2D eigenvalue weighted by atomic mass is 9.90. The Morgan fingerprint density at radius 1 is 0.870 bits per heavy atom. The van der Waals surface area contributed by atoms with Crippen molar-refractivity contribution in [1.82, 2.24) is 9.55 Å². The van der Waals surface area contributed by atoms with E-state index in [9.17, 15) is 9.59 Å². The van der Waals surface area contributed by atoms with Crippen molar-refractivity contribution in [2.75, 3.05) is 0 Å². The fraction of sp³-hybridized carbons (Fsp3) is 0.0556. The van der Waals surface area contributed by atoms with Gasteiger partial charge in [0, 0.05) is 16.8 Å². The summed E-state index contributed by atoms with van der Waals surface area (Å²) >= 11 is 6.00. The predicted molar refractivity (Wildman–Crippen MR) is 86.4 cm³/mol. The smallest absolute Gasteiger partial charge is 0.214 e. The lowest BCUT2D eigenvalue weighted by Crippen LogP contribution is -2.22. The van der Waals surface area contributed by atoms with Crippen molar-refractivity contribution in [3.8, 4) is 5.69 Å². The molecule has 1 aromatic heterocycles. The van der Waals surface area contributed by atoms with Crippen LogP contribution in [0.25, 0.3) is 5.69 Å². The summed E-state index contributed by atoms with van der Waals surface area (Å²) in [6, 6.07) is 16.1. The van der Waals surface area contributed by atoms with E-state index in [-0.39, 0.29) is 28.8 Å². The van der Waals surface area contributed by atoms with Crippen LogP contribution in [0.1, 0.15) is 37.9 Å². The number of aromatic nitrogens is 2. The molecular formula is C18H11ClN2O2. The number of imidazole rings is 1. The number of halogens is 1. The number of ketones is 2. The van der Waals surface area contributed by atoms with Crippen molar-refractivity contribution in [1.29, 1.82) is 0 Å². The number of nitrogens with zero attached hydrogens (tertiary/aromatic N) is 2. The Balaban J connectivity index is 2.04. The van der Waals surface area contributed by atoms with Gasteiger partial charge in [-0.3, -0.25) is 14.2 Å². The maximum Gasteiger partial charge on any atom is 0.214 e. The highest BCUT2D eigenvalue weighted by molar-refractivity contribution is 6.27. The summed E-state index contributed by atoms with van der Waals surface area (Å²) in [5.74, 6) is 0.148. The highest BCUT2D eigenvalue weighted by Crippen LogP contribution is 2.30. The van der Waals surface area contributed by atoms with Gasteiger partial charge in [0.25, 0.3) is 0 Å². The van der Waals surface area contributed by atoms with Crippen molar-refractivity contribution in [2.45, 2.75) is 5.88 Å². The molecule has 0 spiro atoms. The number of fused-ring (bicyclic) bond motifs is 2. The summed E-state index contributed by atoms with van der Waals surface area (Å²) in [4.78, 5) is 30.0. The van der Waals surface area contributed by atoms with E-state index in [0.717, 1.165) is 5.69 Å². The number of hydrogen-bond donors (Lipinski definition) is 0. The average Bonchev–Trinajstić information content (AvgIpc) is 3.00. The summed E-state index contributed by atoms with van der Waals surface area (Å²) in [5.41, 5.74) is 2.02. The van der Waals surface area contributed by atoms with Crippen molar-refractivity contribution in [3.05, 3.63) is 82.9 Å². The van der Waals surface area contributed by atoms with E-state index < -0.39 is 0 Å². The monoisotopic (exact) mass is 322 g/mol. The molecule has 0 saturated heterocycles. The van der Waals surface area contributed by atoms with E-state index in [1.54, 1.807) is 28.8 Å². The zero-order valence-corrected chi connectivity index (χ0v) is 12.7. The normalized spacial score (nSPS) is 12.9. The third-order valence-electron chi connectivity index (χ3n) is 3.93. The summed E-state index contributed by atoms with van der Waals surface area (Å²) in [5, 5.41) is 0. The molecule has 2 aromatic carbocycles. The van der Waals surface area contributed by atoms with Crippen molar-refractivity contribution < 1.29 is 9.59 Å². The molecule has 1 aliphatic carbocycles. The van der Waals surface area contributed by atoms with E-state index in [1.807, 2.05) is 30.3 Å². The fourth-order valence-electron chi connectivity index (χ4n) is 2.91. The molecule has 0 radical (unpaired) electrons. The first-order valence-corrected chi connectivity index (χ1v) is 7.67. The molecule has 1 aliphatic rings. The van der Waals surface area contributed by atoms with Gasteiger partial charge in [-0.05, 0) is 12.1 Å². The average molecular weight is 323 g/mol. The number of hydrogen-bond acceptors (Lipinski definition) is 3.